The number of hydrogen-bond acceptors (Lipinski definition) is 6. The maximum absolute atomic E-state index is 12.8. The largest absolute Gasteiger partial charge is 0.394 e. The Morgan fingerprint density at radius 1 is 1.36 bits per heavy atom. The van der Waals surface area contributed by atoms with Crippen molar-refractivity contribution >= 4 is 17.7 Å². The van der Waals surface area contributed by atoms with Gasteiger partial charge in [0.1, 0.15) is 0 Å². The molecule has 2 bridgehead atoms. The minimum Gasteiger partial charge on any atom is -0.394 e. The van der Waals surface area contributed by atoms with Crippen molar-refractivity contribution in [2.75, 3.05) is 25.4 Å². The van der Waals surface area contributed by atoms with Crippen LogP contribution in [0.3, 0.4) is 0 Å². The number of nitrogens with one attached hydrogen (secondary N) is 1. The summed E-state index contributed by atoms with van der Waals surface area (Å²) in [6.07, 6.45) is 0.859. The Morgan fingerprint density at radius 2 is 2.18 bits per heavy atom. The molecule has 2 aliphatic heterocycles. The number of aromatic amines is 1. The molecule has 2 aliphatic rings. The van der Waals surface area contributed by atoms with Gasteiger partial charge in [-0.2, -0.15) is 0 Å². The van der Waals surface area contributed by atoms with E-state index in [1.165, 1.54) is 23.9 Å². The number of nitrogens with zero attached hydrogens (tertiary/aromatic N) is 3. The number of thioether (sulfide) groups is 1. The Kier molecular flexibility index (Phi) is 5.11. The second kappa shape index (κ2) is 7.56. The molecule has 148 valence electrons. The van der Waals surface area contributed by atoms with Crippen LogP contribution in [-0.2, 0) is 4.79 Å². The van der Waals surface area contributed by atoms with Crippen LogP contribution in [0, 0.1) is 12.8 Å². The number of carbonyl (C=O) groups excluding carboxylic acids is 1. The van der Waals surface area contributed by atoms with Gasteiger partial charge in [0.15, 0.2) is 5.16 Å². The molecule has 1 saturated heterocycles. The quantitative estimate of drug-likeness (QED) is 0.570. The van der Waals surface area contributed by atoms with Gasteiger partial charge in [-0.15, -0.1) is 0 Å². The first kappa shape index (κ1) is 18.9. The number of pyridine rings is 1. The second-order valence-corrected chi connectivity index (χ2v) is 8.34. The highest BCUT2D eigenvalue weighted by molar-refractivity contribution is 7.99. The van der Waals surface area contributed by atoms with Gasteiger partial charge in [0.2, 0.25) is 5.91 Å². The molecule has 28 heavy (non-hydrogen) atoms. The fourth-order valence-corrected chi connectivity index (χ4v) is 5.15. The number of fused-ring (bicyclic) bond motifs is 4. The van der Waals surface area contributed by atoms with Crippen molar-refractivity contribution in [2.45, 2.75) is 30.5 Å². The molecule has 8 nitrogen and oxygen atoms in total. The van der Waals surface area contributed by atoms with Gasteiger partial charge >= 0.3 is 0 Å². The van der Waals surface area contributed by atoms with Crippen LogP contribution in [-0.4, -0.2) is 55.9 Å². The lowest BCUT2D eigenvalue weighted by Gasteiger charge is -2.46. The predicted octanol–water partition coefficient (Wildman–Crippen LogP) is 0.511. The van der Waals surface area contributed by atoms with E-state index in [0.717, 1.165) is 12.1 Å². The monoisotopic (exact) mass is 402 g/mol. The van der Waals surface area contributed by atoms with Crippen molar-refractivity contribution in [1.29, 1.82) is 0 Å². The van der Waals surface area contributed by atoms with Gasteiger partial charge in [0.05, 0.1) is 18.4 Å². The molecular weight excluding hydrogens is 380 g/mol. The molecule has 2 aromatic rings. The Balaban J connectivity index is 1.51. The average Bonchev–Trinajstić information content (AvgIpc) is 2.66. The number of rotatable bonds is 4. The summed E-state index contributed by atoms with van der Waals surface area (Å²) in [5.41, 5.74) is 1.16. The van der Waals surface area contributed by atoms with Gasteiger partial charge in [-0.1, -0.05) is 17.8 Å². The van der Waals surface area contributed by atoms with Crippen LogP contribution in [0.5, 0.6) is 0 Å². The molecule has 1 fully saturated rings. The van der Waals surface area contributed by atoms with Crippen molar-refractivity contribution in [3.63, 3.8) is 0 Å². The maximum atomic E-state index is 12.8. The molecule has 0 spiro atoms. The van der Waals surface area contributed by atoms with Crippen molar-refractivity contribution in [3.05, 3.63) is 56.4 Å². The normalized spacial score (nSPS) is 23.4. The van der Waals surface area contributed by atoms with Gasteiger partial charge in [-0.05, 0) is 19.4 Å². The number of aliphatic hydroxyl groups is 1. The highest BCUT2D eigenvalue weighted by Crippen LogP contribution is 2.40. The van der Waals surface area contributed by atoms with E-state index in [-0.39, 0.29) is 47.3 Å². The number of amides is 1. The molecule has 0 radical (unpaired) electrons. The van der Waals surface area contributed by atoms with Crippen LogP contribution >= 0.6 is 11.8 Å². The van der Waals surface area contributed by atoms with E-state index >= 15 is 0 Å². The third-order valence-electron chi connectivity index (χ3n) is 5.52. The van der Waals surface area contributed by atoms with Crippen LogP contribution in [0.25, 0.3) is 0 Å². The Morgan fingerprint density at radius 3 is 2.93 bits per heavy atom. The first-order chi connectivity index (χ1) is 13.5. The molecule has 3 atom stereocenters. The number of piperidine rings is 1. The molecule has 0 unspecified atom stereocenters. The first-order valence-corrected chi connectivity index (χ1v) is 10.3. The summed E-state index contributed by atoms with van der Waals surface area (Å²) in [4.78, 5) is 45.4. The third-order valence-corrected chi connectivity index (χ3v) is 6.38. The molecule has 2 N–H and O–H groups in total. The zero-order valence-corrected chi connectivity index (χ0v) is 16.3. The lowest BCUT2D eigenvalue weighted by atomic mass is 9.78. The summed E-state index contributed by atoms with van der Waals surface area (Å²) in [6, 6.07) is 6.26. The smallest absolute Gasteiger partial charge is 0.251 e. The summed E-state index contributed by atoms with van der Waals surface area (Å²) in [6.45, 7) is 2.68. The Bertz CT molecular complexity index is 1020. The highest BCUT2D eigenvalue weighted by Gasteiger charge is 2.41. The summed E-state index contributed by atoms with van der Waals surface area (Å²) in [5.74, 6) is 0.271. The summed E-state index contributed by atoms with van der Waals surface area (Å²) < 4.78 is 1.71. The number of aromatic nitrogens is 3. The number of carbonyl (C=O) groups is 1. The van der Waals surface area contributed by atoms with Crippen LogP contribution < -0.4 is 11.1 Å². The number of H-pyrrole nitrogens is 1. The van der Waals surface area contributed by atoms with Crippen molar-refractivity contribution in [2.24, 2.45) is 5.92 Å². The SMILES string of the molecule is Cc1cc(=O)[nH]c(SCC(=O)N2C[C@H]3C[C@@H](C2)[C@H](CO)n2c3cccc2=O)n1. The minimum atomic E-state index is -0.307. The molecule has 1 amide bonds. The van der Waals surface area contributed by atoms with Crippen LogP contribution in [0.15, 0.2) is 39.0 Å². The van der Waals surface area contributed by atoms with Gasteiger partial charge in [-0.25, -0.2) is 4.98 Å². The number of likely N-dealkylation sites (tertiary alicyclic amines) is 1. The van der Waals surface area contributed by atoms with Gasteiger partial charge in [0.25, 0.3) is 11.1 Å². The van der Waals surface area contributed by atoms with Gasteiger partial charge in [0, 0.05) is 48.4 Å². The predicted molar refractivity (Wildman–Crippen MR) is 105 cm³/mol. The van der Waals surface area contributed by atoms with E-state index in [0.29, 0.717) is 23.9 Å². The van der Waals surface area contributed by atoms with E-state index < -0.39 is 0 Å². The molecular formula is C19H22N4O4S. The van der Waals surface area contributed by atoms with E-state index in [1.54, 1.807) is 17.6 Å². The van der Waals surface area contributed by atoms with E-state index in [1.807, 2.05) is 11.0 Å². The zero-order valence-electron chi connectivity index (χ0n) is 15.5. The van der Waals surface area contributed by atoms with Crippen molar-refractivity contribution < 1.29 is 9.90 Å². The van der Waals surface area contributed by atoms with Crippen LogP contribution in [0.2, 0.25) is 0 Å². The fourth-order valence-electron chi connectivity index (χ4n) is 4.32. The molecule has 0 aliphatic carbocycles. The standard InChI is InChI=1S/C19H22N4O4S/c1-11-5-16(25)21-19(20-11)28-10-18(27)22-7-12-6-13(8-22)15(9-24)23-14(12)3-2-4-17(23)26/h2-5,12-13,15,24H,6-10H2,1H3,(H,20,21,25)/t12-,13+,15+/m1/s1. The molecule has 9 heteroatoms. The second-order valence-electron chi connectivity index (χ2n) is 7.38. The third kappa shape index (κ3) is 3.51. The summed E-state index contributed by atoms with van der Waals surface area (Å²) >= 11 is 1.21. The van der Waals surface area contributed by atoms with Gasteiger partial charge < -0.3 is 19.6 Å². The summed E-state index contributed by atoms with van der Waals surface area (Å²) in [5, 5.41) is 10.3. The zero-order chi connectivity index (χ0) is 19.8. The maximum Gasteiger partial charge on any atom is 0.251 e. The van der Waals surface area contributed by atoms with E-state index in [4.69, 9.17) is 0 Å². The molecule has 0 saturated carbocycles. The number of aryl methyl sites for hydroxylation is 1. The van der Waals surface area contributed by atoms with E-state index in [2.05, 4.69) is 9.97 Å². The number of aliphatic hydroxyl groups excluding tert-OH is 1. The topological polar surface area (TPSA) is 108 Å². The summed E-state index contributed by atoms with van der Waals surface area (Å²) in [7, 11) is 0. The first-order valence-electron chi connectivity index (χ1n) is 9.27. The molecule has 4 heterocycles. The average molecular weight is 402 g/mol. The van der Waals surface area contributed by atoms with Gasteiger partial charge in [-0.3, -0.25) is 14.4 Å². The lowest BCUT2D eigenvalue weighted by Crippen LogP contribution is -2.52. The highest BCUT2D eigenvalue weighted by atomic mass is 32.2. The van der Waals surface area contributed by atoms with Crippen molar-refractivity contribution in [1.82, 2.24) is 19.4 Å². The molecule has 4 rings (SSSR count). The Hall–Kier alpha value is -2.39. The van der Waals surface area contributed by atoms with Crippen molar-refractivity contribution in [3.8, 4) is 0 Å². The Labute approximate surface area is 165 Å². The number of hydrogen-bond donors (Lipinski definition) is 2. The lowest BCUT2D eigenvalue weighted by molar-refractivity contribution is -0.131. The van der Waals surface area contributed by atoms with E-state index in [9.17, 15) is 19.5 Å². The van der Waals surface area contributed by atoms with Crippen LogP contribution in [0.4, 0.5) is 0 Å². The fraction of sp³-hybridized carbons (Fsp3) is 0.474. The molecule has 0 aromatic carbocycles. The minimum absolute atomic E-state index is 0.0349. The molecule has 2 aromatic heterocycles. The van der Waals surface area contributed by atoms with Crippen LogP contribution in [0.1, 0.15) is 29.8 Å².